The molecule has 0 amide bonds. The van der Waals surface area contributed by atoms with Gasteiger partial charge < -0.3 is 10.8 Å². The van der Waals surface area contributed by atoms with Gasteiger partial charge in [0, 0.05) is 18.6 Å². The molecule has 0 spiro atoms. The molecule has 0 radical (unpaired) electrons. The largest absolute Gasteiger partial charge is 0.396 e. The van der Waals surface area contributed by atoms with Crippen molar-refractivity contribution in [1.29, 1.82) is 0 Å². The quantitative estimate of drug-likeness (QED) is 0.612. The van der Waals surface area contributed by atoms with E-state index in [1.54, 1.807) is 0 Å². The van der Waals surface area contributed by atoms with Gasteiger partial charge in [-0.2, -0.15) is 0 Å². The third-order valence-corrected chi connectivity index (χ3v) is 2.79. The topological polar surface area (TPSA) is 46.2 Å². The van der Waals surface area contributed by atoms with Crippen molar-refractivity contribution in [2.24, 2.45) is 17.1 Å². The van der Waals surface area contributed by atoms with E-state index in [0.29, 0.717) is 6.54 Å². The molecule has 3 N–H and O–H groups in total. The van der Waals surface area contributed by atoms with Gasteiger partial charge in [-0.05, 0) is 18.8 Å². The number of aliphatic hydroxyl groups excluding tert-OH is 1. The summed E-state index contributed by atoms with van der Waals surface area (Å²) in [5.74, 6) is 0.829. The smallest absolute Gasteiger partial charge is 0.0499 e. The first-order valence-electron chi connectivity index (χ1n) is 4.07. The Balaban J connectivity index is 2.31. The van der Waals surface area contributed by atoms with Crippen molar-refractivity contribution in [3.63, 3.8) is 0 Å². The lowest BCUT2D eigenvalue weighted by molar-refractivity contribution is 0.00135. The zero-order chi connectivity index (χ0) is 7.61. The van der Waals surface area contributed by atoms with Crippen LogP contribution in [0.15, 0.2) is 0 Å². The van der Waals surface area contributed by atoms with Crippen molar-refractivity contribution in [3.8, 4) is 0 Å². The van der Waals surface area contributed by atoms with Gasteiger partial charge in [0.25, 0.3) is 0 Å². The van der Waals surface area contributed by atoms with Gasteiger partial charge in [0.05, 0.1) is 0 Å². The highest BCUT2D eigenvalue weighted by Gasteiger charge is 2.41. The first-order chi connectivity index (χ1) is 4.76. The highest BCUT2D eigenvalue weighted by Crippen LogP contribution is 2.45. The standard InChI is InChI=1S/C8H17NO/c1-2-7-3-8(4-7,5-9)6-10/h7,10H,2-6,9H2,1H3. The van der Waals surface area contributed by atoms with Crippen LogP contribution in [0.1, 0.15) is 26.2 Å². The molecule has 2 nitrogen and oxygen atoms in total. The van der Waals surface area contributed by atoms with Gasteiger partial charge in [-0.1, -0.05) is 13.3 Å². The molecule has 1 rings (SSSR count). The summed E-state index contributed by atoms with van der Waals surface area (Å²) in [5, 5.41) is 8.97. The van der Waals surface area contributed by atoms with Crippen LogP contribution < -0.4 is 5.73 Å². The van der Waals surface area contributed by atoms with Gasteiger partial charge in [-0.15, -0.1) is 0 Å². The molecule has 0 aliphatic heterocycles. The fraction of sp³-hybridized carbons (Fsp3) is 1.00. The van der Waals surface area contributed by atoms with E-state index in [1.165, 1.54) is 6.42 Å². The molecule has 10 heavy (non-hydrogen) atoms. The fourth-order valence-corrected chi connectivity index (χ4v) is 1.81. The SMILES string of the molecule is CCC1CC(CN)(CO)C1. The molecule has 0 unspecified atom stereocenters. The Morgan fingerprint density at radius 2 is 2.20 bits per heavy atom. The molecule has 0 aromatic carbocycles. The average Bonchev–Trinajstić information content (AvgIpc) is 1.89. The van der Waals surface area contributed by atoms with E-state index >= 15 is 0 Å². The van der Waals surface area contributed by atoms with E-state index in [9.17, 15) is 0 Å². The van der Waals surface area contributed by atoms with E-state index in [0.717, 1.165) is 18.8 Å². The van der Waals surface area contributed by atoms with Crippen molar-refractivity contribution in [2.75, 3.05) is 13.2 Å². The Bertz CT molecular complexity index is 102. The van der Waals surface area contributed by atoms with Crippen LogP contribution in [0.25, 0.3) is 0 Å². The minimum Gasteiger partial charge on any atom is -0.396 e. The zero-order valence-corrected chi connectivity index (χ0v) is 6.64. The Morgan fingerprint density at radius 1 is 1.60 bits per heavy atom. The van der Waals surface area contributed by atoms with Crippen LogP contribution in [0.2, 0.25) is 0 Å². The number of hydrogen-bond donors (Lipinski definition) is 2. The summed E-state index contributed by atoms with van der Waals surface area (Å²) in [6, 6.07) is 0. The molecule has 0 bridgehead atoms. The lowest BCUT2D eigenvalue weighted by atomic mass is 9.61. The molecule has 1 aliphatic rings. The summed E-state index contributed by atoms with van der Waals surface area (Å²) < 4.78 is 0. The molecule has 60 valence electrons. The second kappa shape index (κ2) is 2.89. The van der Waals surface area contributed by atoms with Crippen molar-refractivity contribution in [3.05, 3.63) is 0 Å². The molecule has 0 atom stereocenters. The zero-order valence-electron chi connectivity index (χ0n) is 6.64. The molecule has 0 heterocycles. The van der Waals surface area contributed by atoms with Crippen LogP contribution in [0, 0.1) is 11.3 Å². The second-order valence-electron chi connectivity index (χ2n) is 3.54. The van der Waals surface area contributed by atoms with Gasteiger partial charge >= 0.3 is 0 Å². The fourth-order valence-electron chi connectivity index (χ4n) is 1.81. The van der Waals surface area contributed by atoms with Crippen LogP contribution in [-0.2, 0) is 0 Å². The summed E-state index contributed by atoms with van der Waals surface area (Å²) in [6.07, 6.45) is 3.51. The minimum absolute atomic E-state index is 0.112. The van der Waals surface area contributed by atoms with E-state index in [-0.39, 0.29) is 12.0 Å². The Hall–Kier alpha value is -0.0800. The van der Waals surface area contributed by atoms with Crippen LogP contribution in [-0.4, -0.2) is 18.3 Å². The third-order valence-electron chi connectivity index (χ3n) is 2.79. The van der Waals surface area contributed by atoms with Crippen LogP contribution >= 0.6 is 0 Å². The van der Waals surface area contributed by atoms with E-state index in [1.807, 2.05) is 0 Å². The Kier molecular flexibility index (Phi) is 2.32. The van der Waals surface area contributed by atoms with Gasteiger partial charge in [0.2, 0.25) is 0 Å². The van der Waals surface area contributed by atoms with Gasteiger partial charge in [0.1, 0.15) is 0 Å². The van der Waals surface area contributed by atoms with Crippen molar-refractivity contribution >= 4 is 0 Å². The average molecular weight is 143 g/mol. The van der Waals surface area contributed by atoms with Crippen molar-refractivity contribution < 1.29 is 5.11 Å². The number of hydrogen-bond acceptors (Lipinski definition) is 2. The maximum Gasteiger partial charge on any atom is 0.0499 e. The van der Waals surface area contributed by atoms with Crippen molar-refractivity contribution in [2.45, 2.75) is 26.2 Å². The van der Waals surface area contributed by atoms with Gasteiger partial charge in [-0.3, -0.25) is 0 Å². The van der Waals surface area contributed by atoms with Gasteiger partial charge in [-0.25, -0.2) is 0 Å². The van der Waals surface area contributed by atoms with Crippen molar-refractivity contribution in [1.82, 2.24) is 0 Å². The summed E-state index contributed by atoms with van der Waals surface area (Å²) >= 11 is 0. The highest BCUT2D eigenvalue weighted by atomic mass is 16.3. The summed E-state index contributed by atoms with van der Waals surface area (Å²) in [4.78, 5) is 0. The predicted octanol–water partition coefficient (Wildman–Crippen LogP) is 0.744. The number of rotatable bonds is 3. The minimum atomic E-state index is 0.112. The summed E-state index contributed by atoms with van der Waals surface area (Å²) in [5.41, 5.74) is 5.65. The molecule has 0 aromatic rings. The first-order valence-corrected chi connectivity index (χ1v) is 4.07. The van der Waals surface area contributed by atoms with E-state index < -0.39 is 0 Å². The molecule has 0 aromatic heterocycles. The molecule has 1 fully saturated rings. The first kappa shape index (κ1) is 8.02. The Labute approximate surface area is 62.4 Å². The molecular formula is C8H17NO. The van der Waals surface area contributed by atoms with Crippen LogP contribution in [0.5, 0.6) is 0 Å². The molecule has 1 saturated carbocycles. The maximum absolute atomic E-state index is 8.97. The maximum atomic E-state index is 8.97. The van der Waals surface area contributed by atoms with Gasteiger partial charge in [0.15, 0.2) is 0 Å². The normalized spacial score (nSPS) is 39.3. The lowest BCUT2D eigenvalue weighted by Crippen LogP contribution is -2.45. The monoisotopic (exact) mass is 143 g/mol. The highest BCUT2D eigenvalue weighted by molar-refractivity contribution is 4.93. The van der Waals surface area contributed by atoms with Crippen LogP contribution in [0.3, 0.4) is 0 Å². The second-order valence-corrected chi connectivity index (χ2v) is 3.54. The molecular weight excluding hydrogens is 126 g/mol. The van der Waals surface area contributed by atoms with Crippen LogP contribution in [0.4, 0.5) is 0 Å². The predicted molar refractivity (Wildman–Crippen MR) is 41.6 cm³/mol. The molecule has 1 aliphatic carbocycles. The van der Waals surface area contributed by atoms with E-state index in [4.69, 9.17) is 10.8 Å². The summed E-state index contributed by atoms with van der Waals surface area (Å²) in [7, 11) is 0. The van der Waals surface area contributed by atoms with E-state index in [2.05, 4.69) is 6.92 Å². The lowest BCUT2D eigenvalue weighted by Gasteiger charge is -2.45. The summed E-state index contributed by atoms with van der Waals surface area (Å²) in [6.45, 7) is 3.13. The number of nitrogens with two attached hydrogens (primary N) is 1. The third kappa shape index (κ3) is 1.18. The molecule has 0 saturated heterocycles. The number of aliphatic hydroxyl groups is 1. The molecule has 2 heteroatoms. The Morgan fingerprint density at radius 3 is 2.50 bits per heavy atom.